The molecule has 0 N–H and O–H groups in total. The number of rotatable bonds is 2. The first-order valence-electron chi connectivity index (χ1n) is 2.56. The molecular weight excluding hydrogens is 136 g/mol. The Hall–Kier alpha value is -0.770. The highest BCUT2D eigenvalue weighted by atomic mass is 32.1. The van der Waals surface area contributed by atoms with Crippen molar-refractivity contribution in [2.24, 2.45) is 0 Å². The van der Waals surface area contributed by atoms with Crippen LogP contribution in [-0.4, -0.2) is 15.0 Å². The Bertz CT molecular complexity index is 208. The third-order valence-electron chi connectivity index (χ3n) is 1.02. The van der Waals surface area contributed by atoms with Gasteiger partial charge in [-0.2, -0.15) is 8.75 Å². The lowest BCUT2D eigenvalue weighted by Crippen LogP contribution is -1.87. The van der Waals surface area contributed by atoms with Crippen molar-refractivity contribution >= 4 is 18.0 Å². The molecule has 0 bridgehead atoms. The summed E-state index contributed by atoms with van der Waals surface area (Å²) in [6, 6.07) is 0. The minimum atomic E-state index is 0.391. The second-order valence-corrected chi connectivity index (χ2v) is 2.20. The van der Waals surface area contributed by atoms with Gasteiger partial charge in [0.05, 0.1) is 23.1 Å². The zero-order valence-corrected chi connectivity index (χ0v) is 5.81. The predicted molar refractivity (Wildman–Crippen MR) is 34.4 cm³/mol. The van der Waals surface area contributed by atoms with E-state index in [0.717, 1.165) is 29.4 Å². The van der Waals surface area contributed by atoms with Crippen LogP contribution in [0.5, 0.6) is 0 Å². The number of nitrogens with zero attached hydrogens (tertiary/aromatic N) is 2. The first kappa shape index (κ1) is 6.35. The van der Waals surface area contributed by atoms with E-state index in [1.165, 1.54) is 0 Å². The molecule has 4 heteroatoms. The molecule has 1 rings (SSSR count). The van der Waals surface area contributed by atoms with Gasteiger partial charge < -0.3 is 4.79 Å². The summed E-state index contributed by atoms with van der Waals surface area (Å²) < 4.78 is 7.81. The molecule has 0 saturated heterocycles. The van der Waals surface area contributed by atoms with Crippen LogP contribution >= 0.6 is 11.7 Å². The minimum Gasteiger partial charge on any atom is -0.303 e. The molecule has 1 aromatic rings. The van der Waals surface area contributed by atoms with E-state index >= 15 is 0 Å². The second kappa shape index (κ2) is 2.68. The maximum atomic E-state index is 9.96. The molecule has 0 atom stereocenters. The van der Waals surface area contributed by atoms with Gasteiger partial charge in [0.15, 0.2) is 0 Å². The molecule has 3 nitrogen and oxygen atoms in total. The summed E-state index contributed by atoms with van der Waals surface area (Å²) in [6.07, 6.45) is 1.23. The second-order valence-electron chi connectivity index (χ2n) is 1.67. The maximum absolute atomic E-state index is 9.96. The Morgan fingerprint density at radius 2 is 2.44 bits per heavy atom. The van der Waals surface area contributed by atoms with E-state index in [4.69, 9.17) is 0 Å². The molecule has 0 amide bonds. The van der Waals surface area contributed by atoms with Crippen LogP contribution in [0, 0.1) is 6.92 Å². The molecule has 0 aliphatic heterocycles. The smallest absolute Gasteiger partial charge is 0.126 e. The first-order chi connectivity index (χ1) is 4.34. The van der Waals surface area contributed by atoms with Crippen molar-refractivity contribution in [3.8, 4) is 0 Å². The van der Waals surface area contributed by atoms with Gasteiger partial charge in [-0.1, -0.05) is 0 Å². The Kier molecular flexibility index (Phi) is 1.89. The summed E-state index contributed by atoms with van der Waals surface area (Å²) in [5.74, 6) is 0. The van der Waals surface area contributed by atoms with E-state index in [9.17, 15) is 4.79 Å². The largest absolute Gasteiger partial charge is 0.303 e. The van der Waals surface area contributed by atoms with Crippen LogP contribution < -0.4 is 0 Å². The van der Waals surface area contributed by atoms with Gasteiger partial charge in [0.25, 0.3) is 0 Å². The van der Waals surface area contributed by atoms with Gasteiger partial charge in [-0.3, -0.25) is 0 Å². The van der Waals surface area contributed by atoms with Crippen LogP contribution in [0.15, 0.2) is 0 Å². The van der Waals surface area contributed by atoms with E-state index < -0.39 is 0 Å². The summed E-state index contributed by atoms with van der Waals surface area (Å²) >= 11 is 1.15. The predicted octanol–water partition coefficient (Wildman–Crippen LogP) is 0.588. The molecule has 0 saturated carbocycles. The normalized spacial score (nSPS) is 9.44. The van der Waals surface area contributed by atoms with Crippen LogP contribution in [0.2, 0.25) is 0 Å². The van der Waals surface area contributed by atoms with E-state index in [2.05, 4.69) is 8.75 Å². The van der Waals surface area contributed by atoms with Gasteiger partial charge >= 0.3 is 0 Å². The summed E-state index contributed by atoms with van der Waals surface area (Å²) in [5, 5.41) is 0. The van der Waals surface area contributed by atoms with Crippen LogP contribution in [0.25, 0.3) is 0 Å². The average molecular weight is 142 g/mol. The standard InChI is InChI=1S/C5H6N2OS/c1-4-5(2-3-8)7-9-6-4/h3H,2H2,1H3. The van der Waals surface area contributed by atoms with E-state index in [1.54, 1.807) is 0 Å². The van der Waals surface area contributed by atoms with Crippen molar-refractivity contribution in [1.29, 1.82) is 0 Å². The van der Waals surface area contributed by atoms with Crippen molar-refractivity contribution in [2.75, 3.05) is 0 Å². The number of carbonyl (C=O) groups excluding carboxylic acids is 1. The zero-order valence-electron chi connectivity index (χ0n) is 5.00. The molecule has 0 unspecified atom stereocenters. The molecule has 0 radical (unpaired) electrons. The molecule has 9 heavy (non-hydrogen) atoms. The Morgan fingerprint density at radius 1 is 1.67 bits per heavy atom. The molecular formula is C5H6N2OS. The Morgan fingerprint density at radius 3 is 2.89 bits per heavy atom. The number of aldehydes is 1. The number of hydrogen-bond donors (Lipinski definition) is 0. The summed E-state index contributed by atoms with van der Waals surface area (Å²) in [6.45, 7) is 1.85. The Balaban J connectivity index is 2.80. The fourth-order valence-corrected chi connectivity index (χ4v) is 1.09. The van der Waals surface area contributed by atoms with Gasteiger partial charge in [-0.25, -0.2) is 0 Å². The molecule has 1 heterocycles. The van der Waals surface area contributed by atoms with Crippen LogP contribution in [0.1, 0.15) is 11.4 Å². The van der Waals surface area contributed by atoms with Gasteiger partial charge in [-0.15, -0.1) is 0 Å². The van der Waals surface area contributed by atoms with Crippen molar-refractivity contribution in [3.63, 3.8) is 0 Å². The lowest BCUT2D eigenvalue weighted by molar-refractivity contribution is -0.107. The monoisotopic (exact) mass is 142 g/mol. The molecule has 0 fully saturated rings. The molecule has 0 aliphatic carbocycles. The summed E-state index contributed by atoms with van der Waals surface area (Å²) in [5.41, 5.74) is 1.67. The average Bonchev–Trinajstić information content (AvgIpc) is 2.18. The van der Waals surface area contributed by atoms with E-state index in [0.29, 0.717) is 6.42 Å². The van der Waals surface area contributed by atoms with Crippen LogP contribution in [0.3, 0.4) is 0 Å². The van der Waals surface area contributed by atoms with Gasteiger partial charge in [0.1, 0.15) is 6.29 Å². The van der Waals surface area contributed by atoms with Gasteiger partial charge in [-0.05, 0) is 6.92 Å². The SMILES string of the molecule is Cc1nsnc1CC=O. The quantitative estimate of drug-likeness (QED) is 0.567. The maximum Gasteiger partial charge on any atom is 0.126 e. The summed E-state index contributed by atoms with van der Waals surface area (Å²) in [7, 11) is 0. The highest BCUT2D eigenvalue weighted by Gasteiger charge is 1.99. The topological polar surface area (TPSA) is 42.9 Å². The van der Waals surface area contributed by atoms with Crippen molar-refractivity contribution in [3.05, 3.63) is 11.4 Å². The fraction of sp³-hybridized carbons (Fsp3) is 0.400. The highest BCUT2D eigenvalue weighted by Crippen LogP contribution is 2.02. The number of carbonyl (C=O) groups is 1. The number of hydrogen-bond acceptors (Lipinski definition) is 4. The first-order valence-corrected chi connectivity index (χ1v) is 3.29. The number of aromatic nitrogens is 2. The molecule has 0 aliphatic rings. The molecule has 0 aromatic carbocycles. The number of aryl methyl sites for hydroxylation is 1. The molecule has 1 aromatic heterocycles. The van der Waals surface area contributed by atoms with E-state index in [1.807, 2.05) is 6.92 Å². The highest BCUT2D eigenvalue weighted by molar-refractivity contribution is 6.99. The minimum absolute atomic E-state index is 0.391. The van der Waals surface area contributed by atoms with Crippen LogP contribution in [0.4, 0.5) is 0 Å². The molecule has 0 spiro atoms. The van der Waals surface area contributed by atoms with E-state index in [-0.39, 0.29) is 0 Å². The Labute approximate surface area is 57.0 Å². The van der Waals surface area contributed by atoms with Gasteiger partial charge in [0.2, 0.25) is 0 Å². The fourth-order valence-electron chi connectivity index (χ4n) is 0.514. The van der Waals surface area contributed by atoms with Crippen molar-refractivity contribution < 1.29 is 4.79 Å². The zero-order chi connectivity index (χ0) is 6.69. The third-order valence-corrected chi connectivity index (χ3v) is 1.68. The lowest BCUT2D eigenvalue weighted by Gasteiger charge is -1.82. The summed E-state index contributed by atoms with van der Waals surface area (Å²) in [4.78, 5) is 9.96. The third kappa shape index (κ3) is 1.32. The van der Waals surface area contributed by atoms with Crippen LogP contribution in [-0.2, 0) is 11.2 Å². The molecule has 48 valence electrons. The van der Waals surface area contributed by atoms with Crippen molar-refractivity contribution in [1.82, 2.24) is 8.75 Å². The van der Waals surface area contributed by atoms with Crippen molar-refractivity contribution in [2.45, 2.75) is 13.3 Å². The lowest BCUT2D eigenvalue weighted by atomic mass is 10.3. The van der Waals surface area contributed by atoms with Gasteiger partial charge in [0, 0.05) is 6.42 Å².